The van der Waals surface area contributed by atoms with Crippen LogP contribution in [0.2, 0.25) is 0 Å². The normalized spacial score (nSPS) is 21.5. The van der Waals surface area contributed by atoms with E-state index in [1.807, 2.05) is 0 Å². The largest absolute Gasteiger partial charge is 0.330 e. The molecule has 0 bridgehead atoms. The average Bonchev–Trinajstić information content (AvgIpc) is 1.95. The van der Waals surface area contributed by atoms with Crippen molar-refractivity contribution in [3.05, 3.63) is 0 Å². The van der Waals surface area contributed by atoms with Crippen LogP contribution in [0.1, 0.15) is 32.1 Å². The first-order chi connectivity index (χ1) is 4.83. The summed E-state index contributed by atoms with van der Waals surface area (Å²) in [4.78, 5) is 10.8. The molecule has 0 atom stereocenters. The van der Waals surface area contributed by atoms with Gasteiger partial charge in [0.05, 0.1) is 0 Å². The number of hydrogen-bond donors (Lipinski definition) is 1. The van der Waals surface area contributed by atoms with Crippen molar-refractivity contribution in [3.8, 4) is 0 Å². The van der Waals surface area contributed by atoms with Crippen LogP contribution in [0.4, 0.5) is 0 Å². The van der Waals surface area contributed by atoms with Crippen LogP contribution in [-0.2, 0) is 4.79 Å². The quantitative estimate of drug-likeness (QED) is 0.625. The highest BCUT2D eigenvalue weighted by Crippen LogP contribution is 2.23. The number of rotatable bonds is 2. The summed E-state index contributed by atoms with van der Waals surface area (Å²) in [7, 11) is 0. The first-order valence-electron chi connectivity index (χ1n) is 4.04. The van der Waals surface area contributed by atoms with Crippen LogP contribution in [0.5, 0.6) is 0 Å². The van der Waals surface area contributed by atoms with Gasteiger partial charge in [-0.1, -0.05) is 0 Å². The van der Waals surface area contributed by atoms with Gasteiger partial charge in [0.1, 0.15) is 5.78 Å². The van der Waals surface area contributed by atoms with E-state index < -0.39 is 0 Å². The molecule has 1 aliphatic rings. The molecule has 0 spiro atoms. The molecule has 58 valence electrons. The zero-order valence-electron chi connectivity index (χ0n) is 6.31. The molecule has 0 heterocycles. The predicted molar refractivity (Wildman–Crippen MR) is 40.6 cm³/mol. The van der Waals surface area contributed by atoms with Crippen LogP contribution in [0.25, 0.3) is 0 Å². The first-order valence-corrected chi connectivity index (χ1v) is 4.04. The Morgan fingerprint density at radius 2 is 2.00 bits per heavy atom. The highest BCUT2D eigenvalue weighted by Gasteiger charge is 2.17. The maximum Gasteiger partial charge on any atom is 0.132 e. The molecule has 10 heavy (non-hydrogen) atoms. The van der Waals surface area contributed by atoms with Crippen molar-refractivity contribution in [1.82, 2.24) is 0 Å². The summed E-state index contributed by atoms with van der Waals surface area (Å²) in [6.45, 7) is 0.777. The van der Waals surface area contributed by atoms with Crippen LogP contribution >= 0.6 is 0 Å². The van der Waals surface area contributed by atoms with Gasteiger partial charge >= 0.3 is 0 Å². The Balaban J connectivity index is 2.19. The molecule has 0 amide bonds. The van der Waals surface area contributed by atoms with Crippen molar-refractivity contribution in [2.75, 3.05) is 6.54 Å². The molecule has 0 aromatic carbocycles. The van der Waals surface area contributed by atoms with Crippen molar-refractivity contribution in [1.29, 1.82) is 0 Å². The van der Waals surface area contributed by atoms with Gasteiger partial charge in [-0.25, -0.2) is 0 Å². The lowest BCUT2D eigenvalue weighted by Crippen LogP contribution is -2.16. The minimum atomic E-state index is 0.438. The minimum Gasteiger partial charge on any atom is -0.330 e. The Morgan fingerprint density at radius 3 is 2.50 bits per heavy atom. The van der Waals surface area contributed by atoms with Gasteiger partial charge in [-0.15, -0.1) is 0 Å². The molecule has 2 heteroatoms. The Kier molecular flexibility index (Phi) is 2.87. The SMILES string of the molecule is NCCC1CCC(=O)CC1. The molecule has 2 nitrogen and oxygen atoms in total. The van der Waals surface area contributed by atoms with Gasteiger partial charge in [-0.2, -0.15) is 0 Å². The van der Waals surface area contributed by atoms with Gasteiger partial charge in [-0.3, -0.25) is 4.79 Å². The highest BCUT2D eigenvalue weighted by atomic mass is 16.1. The van der Waals surface area contributed by atoms with Crippen LogP contribution < -0.4 is 5.73 Å². The third-order valence-corrected chi connectivity index (χ3v) is 2.24. The van der Waals surface area contributed by atoms with E-state index >= 15 is 0 Å². The zero-order chi connectivity index (χ0) is 7.40. The van der Waals surface area contributed by atoms with E-state index in [1.165, 1.54) is 0 Å². The van der Waals surface area contributed by atoms with E-state index in [-0.39, 0.29) is 0 Å². The average molecular weight is 141 g/mol. The summed E-state index contributed by atoms with van der Waals surface area (Å²) in [6, 6.07) is 0. The number of carbonyl (C=O) groups is 1. The summed E-state index contributed by atoms with van der Waals surface area (Å²) in [5.74, 6) is 1.18. The fourth-order valence-electron chi connectivity index (χ4n) is 1.52. The molecule has 0 saturated heterocycles. The number of nitrogens with two attached hydrogens (primary N) is 1. The van der Waals surface area contributed by atoms with Crippen LogP contribution in [0.3, 0.4) is 0 Å². The molecular formula is C8H15NO. The summed E-state index contributed by atoms with van der Waals surface area (Å²) in [5, 5.41) is 0. The molecule has 0 aliphatic heterocycles. The monoisotopic (exact) mass is 141 g/mol. The molecule has 1 saturated carbocycles. The third kappa shape index (κ3) is 2.10. The molecule has 0 aromatic heterocycles. The Morgan fingerprint density at radius 1 is 1.40 bits per heavy atom. The molecule has 0 radical (unpaired) electrons. The Labute approximate surface area is 61.8 Å². The van der Waals surface area contributed by atoms with Gasteiger partial charge in [0.25, 0.3) is 0 Å². The molecule has 0 unspecified atom stereocenters. The van der Waals surface area contributed by atoms with Crippen molar-refractivity contribution >= 4 is 5.78 Å². The fourth-order valence-corrected chi connectivity index (χ4v) is 1.52. The van der Waals surface area contributed by atoms with Gasteiger partial charge < -0.3 is 5.73 Å². The van der Waals surface area contributed by atoms with E-state index in [0.29, 0.717) is 5.78 Å². The topological polar surface area (TPSA) is 43.1 Å². The maximum absolute atomic E-state index is 10.8. The number of carbonyl (C=O) groups excluding carboxylic acids is 1. The second-order valence-corrected chi connectivity index (χ2v) is 3.06. The van der Waals surface area contributed by atoms with Crippen molar-refractivity contribution in [3.63, 3.8) is 0 Å². The molecule has 2 N–H and O–H groups in total. The van der Waals surface area contributed by atoms with E-state index in [0.717, 1.165) is 44.6 Å². The summed E-state index contributed by atoms with van der Waals surface area (Å²) in [5.41, 5.74) is 5.41. The molecule has 1 aliphatic carbocycles. The third-order valence-electron chi connectivity index (χ3n) is 2.24. The maximum atomic E-state index is 10.8. The van der Waals surface area contributed by atoms with Crippen LogP contribution in [0, 0.1) is 5.92 Å². The highest BCUT2D eigenvalue weighted by molar-refractivity contribution is 5.78. The van der Waals surface area contributed by atoms with Gasteiger partial charge in [0.15, 0.2) is 0 Å². The fraction of sp³-hybridized carbons (Fsp3) is 0.875. The van der Waals surface area contributed by atoms with E-state index in [2.05, 4.69) is 0 Å². The zero-order valence-corrected chi connectivity index (χ0v) is 6.31. The Hall–Kier alpha value is -0.370. The van der Waals surface area contributed by atoms with Crippen molar-refractivity contribution < 1.29 is 4.79 Å². The Bertz CT molecular complexity index is 112. The lowest BCUT2D eigenvalue weighted by molar-refractivity contribution is -0.121. The standard InChI is InChI=1S/C8H15NO/c9-6-5-7-1-3-8(10)4-2-7/h7H,1-6,9H2. The summed E-state index contributed by atoms with van der Waals surface area (Å²) >= 11 is 0. The second kappa shape index (κ2) is 3.71. The lowest BCUT2D eigenvalue weighted by atomic mass is 9.86. The molecule has 0 aromatic rings. The number of Topliss-reactive ketones (excluding diaryl/α,β-unsaturated/α-hetero) is 1. The summed E-state index contributed by atoms with van der Waals surface area (Å²) in [6.07, 6.45) is 4.86. The first kappa shape index (κ1) is 7.73. The minimum absolute atomic E-state index is 0.438. The van der Waals surface area contributed by atoms with Crippen molar-refractivity contribution in [2.45, 2.75) is 32.1 Å². The smallest absolute Gasteiger partial charge is 0.132 e. The van der Waals surface area contributed by atoms with Gasteiger partial charge in [-0.05, 0) is 31.7 Å². The molecule has 1 fully saturated rings. The van der Waals surface area contributed by atoms with Gasteiger partial charge in [0, 0.05) is 12.8 Å². The second-order valence-electron chi connectivity index (χ2n) is 3.06. The van der Waals surface area contributed by atoms with Crippen LogP contribution in [-0.4, -0.2) is 12.3 Å². The van der Waals surface area contributed by atoms with Gasteiger partial charge in [0.2, 0.25) is 0 Å². The predicted octanol–water partition coefficient (Wildman–Crippen LogP) is 1.09. The van der Waals surface area contributed by atoms with Crippen molar-refractivity contribution in [2.24, 2.45) is 11.7 Å². The van der Waals surface area contributed by atoms with E-state index in [1.54, 1.807) is 0 Å². The van der Waals surface area contributed by atoms with E-state index in [9.17, 15) is 4.79 Å². The van der Waals surface area contributed by atoms with Crippen LogP contribution in [0.15, 0.2) is 0 Å². The van der Waals surface area contributed by atoms with E-state index in [4.69, 9.17) is 5.73 Å². The molecule has 1 rings (SSSR count). The lowest BCUT2D eigenvalue weighted by Gasteiger charge is -2.19. The number of ketones is 1. The number of hydrogen-bond acceptors (Lipinski definition) is 2. The molecular weight excluding hydrogens is 126 g/mol. The summed E-state index contributed by atoms with van der Waals surface area (Å²) < 4.78 is 0.